The second kappa shape index (κ2) is 3.31. The highest BCUT2D eigenvalue weighted by Gasteiger charge is 2.23. The first-order valence-corrected chi connectivity index (χ1v) is 4.65. The number of hydrogen-bond donors (Lipinski definition) is 1. The Morgan fingerprint density at radius 2 is 2.50 bits per heavy atom. The summed E-state index contributed by atoms with van der Waals surface area (Å²) in [6, 6.07) is 4.45. The van der Waals surface area contributed by atoms with E-state index in [4.69, 9.17) is 4.42 Å². The van der Waals surface area contributed by atoms with E-state index in [0.29, 0.717) is 12.0 Å². The van der Waals surface area contributed by atoms with Crippen LogP contribution in [0.1, 0.15) is 31.6 Å². The van der Waals surface area contributed by atoms with Gasteiger partial charge in [0, 0.05) is 0 Å². The van der Waals surface area contributed by atoms with Gasteiger partial charge in [0.2, 0.25) is 0 Å². The molecule has 2 rings (SSSR count). The fourth-order valence-electron chi connectivity index (χ4n) is 1.90. The number of hydrogen-bond acceptors (Lipinski definition) is 2. The Balaban J connectivity index is 2.11. The molecule has 1 fully saturated rings. The van der Waals surface area contributed by atoms with Crippen LogP contribution in [-0.2, 0) is 0 Å². The Morgan fingerprint density at radius 3 is 3.17 bits per heavy atom. The van der Waals surface area contributed by atoms with Gasteiger partial charge < -0.3 is 9.73 Å². The average Bonchev–Trinajstić information content (AvgIpc) is 2.57. The highest BCUT2D eigenvalue weighted by molar-refractivity contribution is 5.06. The van der Waals surface area contributed by atoms with Crippen molar-refractivity contribution in [3.8, 4) is 0 Å². The van der Waals surface area contributed by atoms with E-state index in [-0.39, 0.29) is 0 Å². The Kier molecular flexibility index (Phi) is 2.17. The minimum Gasteiger partial charge on any atom is -0.468 e. The van der Waals surface area contributed by atoms with E-state index in [1.807, 2.05) is 6.07 Å². The lowest BCUT2D eigenvalue weighted by Crippen LogP contribution is -2.32. The molecule has 1 saturated heterocycles. The van der Waals surface area contributed by atoms with Crippen LogP contribution in [0, 0.1) is 5.92 Å². The van der Waals surface area contributed by atoms with Crippen molar-refractivity contribution in [3.63, 3.8) is 0 Å². The predicted molar refractivity (Wildman–Crippen MR) is 47.8 cm³/mol. The third-order valence-electron chi connectivity index (χ3n) is 2.62. The Bertz CT molecular complexity index is 230. The summed E-state index contributed by atoms with van der Waals surface area (Å²) in [5.41, 5.74) is 0. The number of rotatable bonds is 1. The van der Waals surface area contributed by atoms with E-state index in [1.165, 1.54) is 12.8 Å². The summed E-state index contributed by atoms with van der Waals surface area (Å²) in [7, 11) is 0. The Hall–Kier alpha value is -0.760. The molecule has 66 valence electrons. The van der Waals surface area contributed by atoms with E-state index >= 15 is 0 Å². The van der Waals surface area contributed by atoms with Gasteiger partial charge in [0.25, 0.3) is 0 Å². The molecular formula is C10H15NO. The second-order valence-electron chi connectivity index (χ2n) is 3.57. The van der Waals surface area contributed by atoms with Gasteiger partial charge in [0.1, 0.15) is 5.76 Å². The van der Waals surface area contributed by atoms with E-state index in [0.717, 1.165) is 12.3 Å². The minimum absolute atomic E-state index is 0.439. The van der Waals surface area contributed by atoms with E-state index in [2.05, 4.69) is 18.3 Å². The summed E-state index contributed by atoms with van der Waals surface area (Å²) in [5.74, 6) is 1.78. The third kappa shape index (κ3) is 1.39. The van der Waals surface area contributed by atoms with E-state index < -0.39 is 0 Å². The molecule has 0 spiro atoms. The molecule has 0 amide bonds. The zero-order chi connectivity index (χ0) is 8.39. The Labute approximate surface area is 73.0 Å². The molecule has 1 aliphatic heterocycles. The first kappa shape index (κ1) is 7.87. The van der Waals surface area contributed by atoms with Crippen molar-refractivity contribution < 1.29 is 4.42 Å². The predicted octanol–water partition coefficient (Wildman–Crippen LogP) is 2.34. The second-order valence-corrected chi connectivity index (χ2v) is 3.57. The monoisotopic (exact) mass is 165 g/mol. The fourth-order valence-corrected chi connectivity index (χ4v) is 1.90. The van der Waals surface area contributed by atoms with Gasteiger partial charge in [-0.2, -0.15) is 0 Å². The van der Waals surface area contributed by atoms with Crippen molar-refractivity contribution in [3.05, 3.63) is 24.2 Å². The minimum atomic E-state index is 0.439. The molecule has 2 unspecified atom stereocenters. The van der Waals surface area contributed by atoms with Crippen LogP contribution in [0.15, 0.2) is 22.8 Å². The molecule has 0 radical (unpaired) electrons. The topological polar surface area (TPSA) is 25.2 Å². The normalized spacial score (nSPS) is 30.4. The van der Waals surface area contributed by atoms with Crippen LogP contribution in [0.4, 0.5) is 0 Å². The maximum Gasteiger partial charge on any atom is 0.120 e. The van der Waals surface area contributed by atoms with E-state index in [1.54, 1.807) is 6.26 Å². The smallest absolute Gasteiger partial charge is 0.120 e. The van der Waals surface area contributed by atoms with Crippen molar-refractivity contribution in [2.24, 2.45) is 5.92 Å². The lowest BCUT2D eigenvalue weighted by Gasteiger charge is -2.28. The van der Waals surface area contributed by atoms with Crippen LogP contribution in [0.2, 0.25) is 0 Å². The van der Waals surface area contributed by atoms with Crippen LogP contribution in [-0.4, -0.2) is 6.54 Å². The highest BCUT2D eigenvalue weighted by atomic mass is 16.3. The maximum atomic E-state index is 5.38. The summed E-state index contributed by atoms with van der Waals surface area (Å²) >= 11 is 0. The first-order valence-electron chi connectivity index (χ1n) is 4.65. The van der Waals surface area contributed by atoms with E-state index in [9.17, 15) is 0 Å². The summed E-state index contributed by atoms with van der Waals surface area (Å²) < 4.78 is 5.38. The van der Waals surface area contributed by atoms with Crippen molar-refractivity contribution >= 4 is 0 Å². The average molecular weight is 165 g/mol. The standard InChI is InChI=1S/C10H15NO/c1-8-4-2-6-11-10(8)9-5-3-7-12-9/h3,5,7-8,10-11H,2,4,6H2,1H3. The quantitative estimate of drug-likeness (QED) is 0.691. The van der Waals surface area contributed by atoms with Crippen molar-refractivity contribution in [2.45, 2.75) is 25.8 Å². The van der Waals surface area contributed by atoms with Gasteiger partial charge in [-0.1, -0.05) is 6.92 Å². The molecule has 2 heterocycles. The van der Waals surface area contributed by atoms with Gasteiger partial charge in [-0.05, 0) is 37.4 Å². The molecule has 1 N–H and O–H groups in total. The van der Waals surface area contributed by atoms with Gasteiger partial charge in [-0.3, -0.25) is 0 Å². The molecule has 0 aliphatic carbocycles. The van der Waals surface area contributed by atoms with Gasteiger partial charge >= 0.3 is 0 Å². The summed E-state index contributed by atoms with van der Waals surface area (Å²) in [6.45, 7) is 3.40. The lowest BCUT2D eigenvalue weighted by molar-refractivity contribution is 0.268. The zero-order valence-corrected chi connectivity index (χ0v) is 7.42. The van der Waals surface area contributed by atoms with Gasteiger partial charge in [0.15, 0.2) is 0 Å². The van der Waals surface area contributed by atoms with Crippen LogP contribution < -0.4 is 5.32 Å². The SMILES string of the molecule is CC1CCCNC1c1ccco1. The number of piperidine rings is 1. The van der Waals surface area contributed by atoms with Gasteiger partial charge in [0.05, 0.1) is 12.3 Å². The molecule has 12 heavy (non-hydrogen) atoms. The van der Waals surface area contributed by atoms with Gasteiger partial charge in [-0.25, -0.2) is 0 Å². The van der Waals surface area contributed by atoms with Crippen LogP contribution in [0.25, 0.3) is 0 Å². The number of nitrogens with one attached hydrogen (secondary N) is 1. The molecular weight excluding hydrogens is 150 g/mol. The molecule has 0 saturated carbocycles. The molecule has 1 aromatic heterocycles. The molecule has 1 aliphatic rings. The van der Waals surface area contributed by atoms with Crippen molar-refractivity contribution in [1.82, 2.24) is 5.32 Å². The highest BCUT2D eigenvalue weighted by Crippen LogP contribution is 2.28. The molecule has 0 aromatic carbocycles. The maximum absolute atomic E-state index is 5.38. The molecule has 2 nitrogen and oxygen atoms in total. The zero-order valence-electron chi connectivity index (χ0n) is 7.42. The molecule has 1 aromatic rings. The molecule has 0 bridgehead atoms. The molecule has 2 atom stereocenters. The van der Waals surface area contributed by atoms with Crippen molar-refractivity contribution in [2.75, 3.05) is 6.54 Å². The lowest BCUT2D eigenvalue weighted by atomic mass is 9.91. The molecule has 2 heteroatoms. The summed E-state index contributed by atoms with van der Waals surface area (Å²) in [4.78, 5) is 0. The van der Waals surface area contributed by atoms with Crippen LogP contribution in [0.5, 0.6) is 0 Å². The summed E-state index contributed by atoms with van der Waals surface area (Å²) in [5, 5.41) is 3.48. The van der Waals surface area contributed by atoms with Crippen molar-refractivity contribution in [1.29, 1.82) is 0 Å². The number of furan rings is 1. The largest absolute Gasteiger partial charge is 0.468 e. The van der Waals surface area contributed by atoms with Crippen LogP contribution in [0.3, 0.4) is 0 Å². The Morgan fingerprint density at radius 1 is 1.58 bits per heavy atom. The summed E-state index contributed by atoms with van der Waals surface area (Å²) in [6.07, 6.45) is 4.34. The third-order valence-corrected chi connectivity index (χ3v) is 2.62. The first-order chi connectivity index (χ1) is 5.88. The fraction of sp³-hybridized carbons (Fsp3) is 0.600. The van der Waals surface area contributed by atoms with Gasteiger partial charge in [-0.15, -0.1) is 0 Å². The van der Waals surface area contributed by atoms with Crippen LogP contribution >= 0.6 is 0 Å².